The first kappa shape index (κ1) is 13.4. The van der Waals surface area contributed by atoms with Crippen molar-refractivity contribution in [3.63, 3.8) is 0 Å². The largest absolute Gasteiger partial charge is 0.459 e. The van der Waals surface area contributed by atoms with Crippen LogP contribution in [0.5, 0.6) is 0 Å². The van der Waals surface area contributed by atoms with Crippen LogP contribution >= 0.6 is 0 Å². The van der Waals surface area contributed by atoms with E-state index in [0.29, 0.717) is 13.0 Å². The number of nitrogens with two attached hydrogens (primary N) is 1. The molecule has 0 fully saturated rings. The van der Waals surface area contributed by atoms with Gasteiger partial charge < -0.3 is 15.2 Å². The van der Waals surface area contributed by atoms with Gasteiger partial charge in [-0.2, -0.15) is 0 Å². The van der Waals surface area contributed by atoms with E-state index in [4.69, 9.17) is 15.2 Å². The number of methoxy groups -OCH3 is 1. The molecule has 2 N–H and O–H groups in total. The van der Waals surface area contributed by atoms with E-state index in [1.54, 1.807) is 7.11 Å². The maximum atomic E-state index is 11.4. The highest BCUT2D eigenvalue weighted by Crippen LogP contribution is 2.09. The van der Waals surface area contributed by atoms with Crippen LogP contribution in [0.1, 0.15) is 33.6 Å². The fourth-order valence-corrected chi connectivity index (χ4v) is 0.943. The quantitative estimate of drug-likeness (QED) is 0.536. The van der Waals surface area contributed by atoms with E-state index >= 15 is 0 Å². The van der Waals surface area contributed by atoms with Crippen molar-refractivity contribution in [3.05, 3.63) is 0 Å². The van der Waals surface area contributed by atoms with Crippen LogP contribution in [0.2, 0.25) is 0 Å². The summed E-state index contributed by atoms with van der Waals surface area (Å²) in [5.74, 6) is -0.339. The Hall–Kier alpha value is -0.610. The molecule has 0 rings (SSSR count). The zero-order valence-corrected chi connectivity index (χ0v) is 9.50. The molecule has 4 heteroatoms. The molecule has 0 unspecified atom stereocenters. The molecular formula is C10H21NO3. The molecule has 0 spiro atoms. The van der Waals surface area contributed by atoms with Gasteiger partial charge in [0.25, 0.3) is 0 Å². The molecule has 14 heavy (non-hydrogen) atoms. The maximum Gasteiger partial charge on any atom is 0.323 e. The van der Waals surface area contributed by atoms with Crippen LogP contribution in [-0.4, -0.2) is 31.3 Å². The number of rotatable bonds is 5. The van der Waals surface area contributed by atoms with Crippen molar-refractivity contribution in [3.8, 4) is 0 Å². The summed E-state index contributed by atoms with van der Waals surface area (Å²) in [7, 11) is 1.62. The molecular weight excluding hydrogens is 182 g/mol. The predicted octanol–water partition coefficient (Wildman–Crippen LogP) is 1.08. The van der Waals surface area contributed by atoms with Gasteiger partial charge in [0.1, 0.15) is 11.6 Å². The molecule has 4 nitrogen and oxygen atoms in total. The van der Waals surface area contributed by atoms with Crippen molar-refractivity contribution in [1.29, 1.82) is 0 Å². The number of carbonyl (C=O) groups is 1. The summed E-state index contributed by atoms with van der Waals surface area (Å²) >= 11 is 0. The SMILES string of the molecule is COCCC[C@@H](N)C(=O)OC(C)(C)C. The highest BCUT2D eigenvalue weighted by atomic mass is 16.6. The number of ether oxygens (including phenoxy) is 2. The molecule has 0 aliphatic carbocycles. The molecule has 0 saturated heterocycles. The summed E-state index contributed by atoms with van der Waals surface area (Å²) in [5.41, 5.74) is 5.17. The molecule has 0 amide bonds. The van der Waals surface area contributed by atoms with Gasteiger partial charge in [0.2, 0.25) is 0 Å². The van der Waals surface area contributed by atoms with Crippen LogP contribution in [-0.2, 0) is 14.3 Å². The van der Waals surface area contributed by atoms with Crippen molar-refractivity contribution < 1.29 is 14.3 Å². The van der Waals surface area contributed by atoms with Gasteiger partial charge in [0.05, 0.1) is 0 Å². The molecule has 1 atom stereocenters. The highest BCUT2D eigenvalue weighted by Gasteiger charge is 2.21. The second kappa shape index (κ2) is 5.98. The fraction of sp³-hybridized carbons (Fsp3) is 0.900. The highest BCUT2D eigenvalue weighted by molar-refractivity contribution is 5.75. The van der Waals surface area contributed by atoms with Gasteiger partial charge in [-0.3, -0.25) is 4.79 Å². The van der Waals surface area contributed by atoms with Crippen LogP contribution in [0.4, 0.5) is 0 Å². The maximum absolute atomic E-state index is 11.4. The first-order valence-corrected chi connectivity index (χ1v) is 4.84. The number of hydrogen-bond donors (Lipinski definition) is 1. The Morgan fingerprint density at radius 1 is 1.43 bits per heavy atom. The van der Waals surface area contributed by atoms with Crippen molar-refractivity contribution in [1.82, 2.24) is 0 Å². The third-order valence-electron chi connectivity index (χ3n) is 1.57. The topological polar surface area (TPSA) is 61.5 Å². The summed E-state index contributed by atoms with van der Waals surface area (Å²) < 4.78 is 9.99. The standard InChI is InChI=1S/C10H21NO3/c1-10(2,3)14-9(12)8(11)6-5-7-13-4/h8H,5-7,11H2,1-4H3/t8-/m1/s1. The van der Waals surface area contributed by atoms with Crippen molar-refractivity contribution in [2.45, 2.75) is 45.3 Å². The van der Waals surface area contributed by atoms with Gasteiger partial charge in [-0.1, -0.05) is 0 Å². The Labute approximate surface area is 85.8 Å². The van der Waals surface area contributed by atoms with Crippen LogP contribution in [0.15, 0.2) is 0 Å². The Bertz CT molecular complexity index is 175. The summed E-state index contributed by atoms with van der Waals surface area (Å²) in [6.45, 7) is 6.10. The zero-order valence-electron chi connectivity index (χ0n) is 9.50. The van der Waals surface area contributed by atoms with E-state index in [2.05, 4.69) is 0 Å². The lowest BCUT2D eigenvalue weighted by Crippen LogP contribution is -2.37. The minimum atomic E-state index is -0.538. The van der Waals surface area contributed by atoms with E-state index in [0.717, 1.165) is 6.42 Å². The Kier molecular flexibility index (Phi) is 5.72. The Balaban J connectivity index is 3.77. The lowest BCUT2D eigenvalue weighted by atomic mass is 10.1. The number of esters is 1. The lowest BCUT2D eigenvalue weighted by Gasteiger charge is -2.22. The van der Waals surface area contributed by atoms with E-state index in [1.807, 2.05) is 20.8 Å². The van der Waals surface area contributed by atoms with Gasteiger partial charge in [-0.15, -0.1) is 0 Å². The molecule has 0 aromatic rings. The summed E-state index contributed by atoms with van der Waals surface area (Å²) in [4.78, 5) is 11.4. The van der Waals surface area contributed by atoms with E-state index in [1.165, 1.54) is 0 Å². The van der Waals surface area contributed by atoms with Crippen molar-refractivity contribution in [2.75, 3.05) is 13.7 Å². The van der Waals surface area contributed by atoms with E-state index in [9.17, 15) is 4.79 Å². The number of carbonyl (C=O) groups excluding carboxylic acids is 1. The fourth-order valence-electron chi connectivity index (χ4n) is 0.943. The normalized spacial score (nSPS) is 13.8. The van der Waals surface area contributed by atoms with Crippen LogP contribution in [0.25, 0.3) is 0 Å². The monoisotopic (exact) mass is 203 g/mol. The molecule has 0 bridgehead atoms. The predicted molar refractivity (Wildman–Crippen MR) is 54.9 cm³/mol. The Morgan fingerprint density at radius 2 is 2.00 bits per heavy atom. The van der Waals surface area contributed by atoms with Gasteiger partial charge >= 0.3 is 5.97 Å². The third kappa shape index (κ3) is 6.86. The van der Waals surface area contributed by atoms with Gasteiger partial charge in [-0.25, -0.2) is 0 Å². The molecule has 0 aliphatic heterocycles. The molecule has 0 heterocycles. The first-order chi connectivity index (χ1) is 6.37. The van der Waals surface area contributed by atoms with E-state index < -0.39 is 11.6 Å². The number of hydrogen-bond acceptors (Lipinski definition) is 4. The molecule has 0 aliphatic rings. The van der Waals surface area contributed by atoms with Gasteiger partial charge in [-0.05, 0) is 33.6 Å². The Morgan fingerprint density at radius 3 is 2.43 bits per heavy atom. The average Bonchev–Trinajstić information content (AvgIpc) is 2.01. The minimum Gasteiger partial charge on any atom is -0.459 e. The summed E-state index contributed by atoms with van der Waals surface area (Å²) in [6.07, 6.45) is 1.37. The second-order valence-electron chi connectivity index (χ2n) is 4.27. The second-order valence-corrected chi connectivity index (χ2v) is 4.27. The minimum absolute atomic E-state index is 0.339. The lowest BCUT2D eigenvalue weighted by molar-refractivity contribution is -0.156. The van der Waals surface area contributed by atoms with Crippen molar-refractivity contribution in [2.24, 2.45) is 5.73 Å². The van der Waals surface area contributed by atoms with Gasteiger partial charge in [0.15, 0.2) is 0 Å². The summed E-state index contributed by atoms with van der Waals surface area (Å²) in [5, 5.41) is 0. The van der Waals surface area contributed by atoms with Crippen LogP contribution in [0, 0.1) is 0 Å². The average molecular weight is 203 g/mol. The zero-order chi connectivity index (χ0) is 11.2. The van der Waals surface area contributed by atoms with Crippen LogP contribution in [0.3, 0.4) is 0 Å². The first-order valence-electron chi connectivity index (χ1n) is 4.84. The smallest absolute Gasteiger partial charge is 0.323 e. The van der Waals surface area contributed by atoms with E-state index in [-0.39, 0.29) is 5.97 Å². The summed E-state index contributed by atoms with van der Waals surface area (Å²) in [6, 6.07) is -0.538. The molecule has 0 aromatic heterocycles. The molecule has 0 radical (unpaired) electrons. The van der Waals surface area contributed by atoms with Crippen LogP contribution < -0.4 is 5.73 Å². The molecule has 84 valence electrons. The van der Waals surface area contributed by atoms with Gasteiger partial charge in [0, 0.05) is 13.7 Å². The molecule has 0 saturated carbocycles. The third-order valence-corrected chi connectivity index (χ3v) is 1.57. The van der Waals surface area contributed by atoms with Crippen molar-refractivity contribution >= 4 is 5.97 Å². The molecule has 0 aromatic carbocycles.